The molecule has 11 nitrogen and oxygen atoms in total. The molecule has 0 saturated heterocycles. The molecule has 0 heterocycles. The van der Waals surface area contributed by atoms with E-state index < -0.39 is 0 Å². The fraction of sp³-hybridized carbons (Fsp3) is 0.189. The largest absolute Gasteiger partial charge is 0.483 e. The Labute approximate surface area is 280 Å². The Bertz CT molecular complexity index is 1660. The molecule has 0 saturated carbocycles. The van der Waals surface area contributed by atoms with Crippen molar-refractivity contribution < 1.29 is 33.9 Å². The molecule has 4 rings (SSSR count). The number of amides is 3. The monoisotopic (exact) mass is 654 g/mol. The Balaban J connectivity index is 0.000000437. The summed E-state index contributed by atoms with van der Waals surface area (Å²) in [6, 6.07) is 28.3. The summed E-state index contributed by atoms with van der Waals surface area (Å²) < 4.78 is 0. The third kappa shape index (κ3) is 13.5. The zero-order valence-corrected chi connectivity index (χ0v) is 26.2. The SMILES string of the molecule is C.Cc1ccc(N)c(C(=O)CCNC(=O)c2ccccc2)c1.Cc1ccc(NC=O)c(C(=O)CCNC(=O)c2ccccc2)c1.O=CO. The van der Waals surface area contributed by atoms with Crippen molar-refractivity contribution in [2.24, 2.45) is 0 Å². The van der Waals surface area contributed by atoms with Gasteiger partial charge in [0.1, 0.15) is 0 Å². The van der Waals surface area contributed by atoms with Crippen molar-refractivity contribution >= 4 is 47.6 Å². The molecule has 252 valence electrons. The Hall–Kier alpha value is -6.10. The van der Waals surface area contributed by atoms with E-state index in [1.54, 1.807) is 72.8 Å². The Morgan fingerprint density at radius 3 is 1.54 bits per heavy atom. The molecule has 0 radical (unpaired) electrons. The molecule has 0 spiro atoms. The van der Waals surface area contributed by atoms with Crippen LogP contribution in [0, 0.1) is 13.8 Å². The van der Waals surface area contributed by atoms with E-state index in [1.807, 2.05) is 38.1 Å². The van der Waals surface area contributed by atoms with E-state index >= 15 is 0 Å². The highest BCUT2D eigenvalue weighted by Gasteiger charge is 2.13. The number of hydrogen-bond donors (Lipinski definition) is 5. The van der Waals surface area contributed by atoms with Gasteiger partial charge in [0.05, 0.1) is 5.69 Å². The van der Waals surface area contributed by atoms with Gasteiger partial charge in [-0.05, 0) is 62.4 Å². The lowest BCUT2D eigenvalue weighted by atomic mass is 10.0. The van der Waals surface area contributed by atoms with Crippen LogP contribution < -0.4 is 21.7 Å². The number of benzene rings is 4. The number of hydrogen-bond acceptors (Lipinski definition) is 7. The minimum absolute atomic E-state index is 0. The summed E-state index contributed by atoms with van der Waals surface area (Å²) >= 11 is 0. The number of nitrogens with two attached hydrogens (primary N) is 1. The van der Waals surface area contributed by atoms with E-state index in [9.17, 15) is 24.0 Å². The Morgan fingerprint density at radius 1 is 0.667 bits per heavy atom. The Morgan fingerprint density at radius 2 is 1.08 bits per heavy atom. The lowest BCUT2D eigenvalue weighted by molar-refractivity contribution is -0.122. The van der Waals surface area contributed by atoms with Gasteiger partial charge in [-0.2, -0.15) is 0 Å². The van der Waals surface area contributed by atoms with Crippen LogP contribution in [0.4, 0.5) is 11.4 Å². The molecule has 11 heteroatoms. The maximum Gasteiger partial charge on any atom is 0.290 e. The number of carboxylic acid groups (broad SMARTS) is 1. The van der Waals surface area contributed by atoms with E-state index in [0.29, 0.717) is 46.6 Å². The van der Waals surface area contributed by atoms with Crippen molar-refractivity contribution in [1.29, 1.82) is 0 Å². The highest BCUT2D eigenvalue weighted by atomic mass is 16.3. The first kappa shape index (κ1) is 39.9. The first-order valence-corrected chi connectivity index (χ1v) is 14.6. The van der Waals surface area contributed by atoms with Crippen LogP contribution in [0.3, 0.4) is 0 Å². The van der Waals surface area contributed by atoms with Gasteiger partial charge in [-0.25, -0.2) is 0 Å². The van der Waals surface area contributed by atoms with Crippen LogP contribution in [0.2, 0.25) is 0 Å². The van der Waals surface area contributed by atoms with Crippen molar-refractivity contribution in [3.05, 3.63) is 130 Å². The number of nitrogen functional groups attached to an aromatic ring is 1. The van der Waals surface area contributed by atoms with Crippen molar-refractivity contribution in [2.45, 2.75) is 34.1 Å². The fourth-order valence-corrected chi connectivity index (χ4v) is 4.22. The van der Waals surface area contributed by atoms with Crippen LogP contribution in [-0.4, -0.2) is 54.5 Å². The van der Waals surface area contributed by atoms with Crippen molar-refractivity contribution in [2.75, 3.05) is 24.1 Å². The lowest BCUT2D eigenvalue weighted by Gasteiger charge is -2.09. The number of ketones is 2. The average Bonchev–Trinajstić information content (AvgIpc) is 3.08. The quantitative estimate of drug-likeness (QED) is 0.0755. The van der Waals surface area contributed by atoms with Gasteiger partial charge >= 0.3 is 0 Å². The van der Waals surface area contributed by atoms with E-state index in [0.717, 1.165) is 11.1 Å². The molecule has 0 aliphatic carbocycles. The second-order valence-corrected chi connectivity index (χ2v) is 10.1. The second kappa shape index (κ2) is 21.6. The smallest absolute Gasteiger partial charge is 0.290 e. The molecule has 0 aliphatic heterocycles. The van der Waals surface area contributed by atoms with E-state index in [4.69, 9.17) is 15.6 Å². The van der Waals surface area contributed by atoms with Crippen LogP contribution in [-0.2, 0) is 9.59 Å². The lowest BCUT2D eigenvalue weighted by Crippen LogP contribution is -2.26. The first-order chi connectivity index (χ1) is 22.6. The predicted molar refractivity (Wildman–Crippen MR) is 187 cm³/mol. The van der Waals surface area contributed by atoms with E-state index in [-0.39, 0.29) is 56.7 Å². The fourth-order valence-electron chi connectivity index (χ4n) is 4.22. The molecule has 0 unspecified atom stereocenters. The van der Waals surface area contributed by atoms with Crippen LogP contribution in [0.1, 0.15) is 72.8 Å². The molecular formula is C37H42N4O7. The van der Waals surface area contributed by atoms with Gasteiger partial charge in [-0.15, -0.1) is 0 Å². The summed E-state index contributed by atoms with van der Waals surface area (Å²) in [4.78, 5) is 67.1. The van der Waals surface area contributed by atoms with Gasteiger partial charge in [-0.1, -0.05) is 67.1 Å². The maximum atomic E-state index is 12.3. The van der Waals surface area contributed by atoms with Crippen LogP contribution in [0.25, 0.3) is 0 Å². The number of aryl methyl sites for hydroxylation is 2. The maximum absolute atomic E-state index is 12.3. The standard InChI is InChI=1S/C18H18N2O3.C17H18N2O2.CH2O2.CH4/c1-13-7-8-16(20-12-21)15(11-13)17(22)9-10-19-18(23)14-5-3-2-4-6-14;1-12-7-8-15(18)14(11-12)16(20)9-10-19-17(21)13-5-3-2-4-6-13;2-1-3;/h2-8,11-12H,9-10H2,1H3,(H,19,23)(H,20,21);2-8,11H,9-10,18H2,1H3,(H,19,21);1H,(H,2,3);1H4. The van der Waals surface area contributed by atoms with E-state index in [1.165, 1.54) is 0 Å². The van der Waals surface area contributed by atoms with Gasteiger partial charge in [0.15, 0.2) is 11.6 Å². The van der Waals surface area contributed by atoms with Gasteiger partial charge in [-0.3, -0.25) is 28.8 Å². The molecule has 0 bridgehead atoms. The number of carbonyl (C=O) groups is 6. The number of anilines is 2. The summed E-state index contributed by atoms with van der Waals surface area (Å²) in [5, 5.41) is 14.9. The third-order valence-corrected chi connectivity index (χ3v) is 6.55. The highest BCUT2D eigenvalue weighted by molar-refractivity contribution is 6.03. The molecule has 0 atom stereocenters. The average molecular weight is 655 g/mol. The molecular weight excluding hydrogens is 612 g/mol. The van der Waals surface area contributed by atoms with Gasteiger partial charge in [0, 0.05) is 53.9 Å². The molecule has 3 amide bonds. The van der Waals surface area contributed by atoms with E-state index in [2.05, 4.69) is 16.0 Å². The molecule has 4 aromatic carbocycles. The molecule has 6 N–H and O–H groups in total. The molecule has 4 aromatic rings. The second-order valence-electron chi connectivity index (χ2n) is 10.1. The Kier molecular flexibility index (Phi) is 18.0. The zero-order chi connectivity index (χ0) is 34.6. The molecule has 0 aromatic heterocycles. The van der Waals surface area contributed by atoms with Gasteiger partial charge in [0.2, 0.25) is 6.41 Å². The summed E-state index contributed by atoms with van der Waals surface area (Å²) in [5.41, 5.74) is 10.8. The minimum atomic E-state index is -0.250. The summed E-state index contributed by atoms with van der Waals surface area (Å²) in [7, 11) is 0. The normalized spacial score (nSPS) is 9.46. The number of rotatable bonds is 12. The van der Waals surface area contributed by atoms with Crippen molar-refractivity contribution in [3.63, 3.8) is 0 Å². The topological polar surface area (TPSA) is 185 Å². The van der Waals surface area contributed by atoms with Crippen LogP contribution in [0.15, 0.2) is 97.1 Å². The number of nitrogens with one attached hydrogen (secondary N) is 3. The summed E-state index contributed by atoms with van der Waals surface area (Å²) in [5.74, 6) is -0.592. The molecule has 0 aliphatic rings. The zero-order valence-electron chi connectivity index (χ0n) is 26.2. The van der Waals surface area contributed by atoms with Gasteiger partial charge in [0.25, 0.3) is 18.3 Å². The molecule has 48 heavy (non-hydrogen) atoms. The third-order valence-electron chi connectivity index (χ3n) is 6.55. The molecule has 0 fully saturated rings. The van der Waals surface area contributed by atoms with Crippen LogP contribution in [0.5, 0.6) is 0 Å². The highest BCUT2D eigenvalue weighted by Crippen LogP contribution is 2.19. The number of carbonyl (C=O) groups excluding carboxylic acids is 5. The minimum Gasteiger partial charge on any atom is -0.483 e. The predicted octanol–water partition coefficient (Wildman–Crippen LogP) is 5.48. The van der Waals surface area contributed by atoms with Gasteiger partial charge < -0.3 is 26.8 Å². The van der Waals surface area contributed by atoms with Crippen molar-refractivity contribution in [3.8, 4) is 0 Å². The summed E-state index contributed by atoms with van der Waals surface area (Å²) in [6.07, 6.45) is 0.931. The first-order valence-electron chi connectivity index (χ1n) is 14.6. The number of Topliss-reactive ketones (excluding diaryl/α,β-unsaturated/α-hetero) is 2. The van der Waals surface area contributed by atoms with Crippen molar-refractivity contribution in [1.82, 2.24) is 10.6 Å². The van der Waals surface area contributed by atoms with Crippen LogP contribution >= 0.6 is 0 Å². The summed E-state index contributed by atoms with van der Waals surface area (Å²) in [6.45, 7) is 4.06.